The molecule has 0 aliphatic rings. The molecular formula is C15H25BO4. The number of ether oxygens (including phenoxy) is 2. The molecule has 0 saturated carbocycles. The van der Waals surface area contributed by atoms with E-state index in [-0.39, 0.29) is 0 Å². The molecule has 0 radical (unpaired) electrons. The molecule has 0 spiro atoms. The lowest BCUT2D eigenvalue weighted by Crippen LogP contribution is -2.32. The van der Waals surface area contributed by atoms with Crippen LogP contribution in [0.3, 0.4) is 0 Å². The first-order chi connectivity index (χ1) is 9.54. The van der Waals surface area contributed by atoms with Gasteiger partial charge < -0.3 is 19.5 Å². The van der Waals surface area contributed by atoms with Crippen molar-refractivity contribution in [1.29, 1.82) is 0 Å². The highest BCUT2D eigenvalue weighted by atomic mass is 16.5. The number of benzene rings is 1. The van der Waals surface area contributed by atoms with Crippen molar-refractivity contribution in [3.63, 3.8) is 0 Å². The molecule has 0 unspecified atom stereocenters. The van der Waals surface area contributed by atoms with Crippen LogP contribution in [-0.4, -0.2) is 30.4 Å². The lowest BCUT2D eigenvalue weighted by atomic mass is 9.79. The van der Waals surface area contributed by atoms with Gasteiger partial charge in [-0.15, -0.1) is 0 Å². The highest BCUT2D eigenvalue weighted by Crippen LogP contribution is 2.12. The third kappa shape index (κ3) is 5.95. The highest BCUT2D eigenvalue weighted by molar-refractivity contribution is 6.59. The molecule has 0 atom stereocenters. The smallest absolute Gasteiger partial charge is 0.492 e. The maximum atomic E-state index is 9.36. The fourth-order valence-corrected chi connectivity index (χ4v) is 1.96. The summed E-state index contributed by atoms with van der Waals surface area (Å²) in [5, 5.41) is 18.7. The van der Waals surface area contributed by atoms with Crippen molar-refractivity contribution in [1.82, 2.24) is 0 Å². The Hall–Kier alpha value is -1.04. The van der Waals surface area contributed by atoms with Gasteiger partial charge in [0, 0.05) is 12.1 Å². The van der Waals surface area contributed by atoms with Gasteiger partial charge >= 0.3 is 7.12 Å². The Labute approximate surface area is 121 Å². The van der Waals surface area contributed by atoms with E-state index in [4.69, 9.17) is 9.47 Å². The van der Waals surface area contributed by atoms with Crippen LogP contribution in [0, 0.1) is 5.92 Å². The summed E-state index contributed by atoms with van der Waals surface area (Å²) in [4.78, 5) is 0. The standard InChI is InChI=1S/C15H25BO4/c1-4-20-15-8-7-13(10-14(15)16(17)18)11-19-9-5-6-12(2)3/h7-8,10,12,17-18H,4-6,9,11H2,1-3H3. The molecule has 0 heterocycles. The van der Waals surface area contributed by atoms with Gasteiger partial charge in [0.05, 0.1) is 13.2 Å². The molecule has 1 aromatic carbocycles. The molecule has 5 heteroatoms. The van der Waals surface area contributed by atoms with Gasteiger partial charge in [-0.2, -0.15) is 0 Å². The first kappa shape index (κ1) is 17.0. The van der Waals surface area contributed by atoms with Crippen molar-refractivity contribution in [2.45, 2.75) is 40.2 Å². The summed E-state index contributed by atoms with van der Waals surface area (Å²) in [6.45, 7) is 7.94. The Morgan fingerprint density at radius 1 is 1.25 bits per heavy atom. The van der Waals surface area contributed by atoms with Gasteiger partial charge in [0.2, 0.25) is 0 Å². The lowest BCUT2D eigenvalue weighted by molar-refractivity contribution is 0.115. The summed E-state index contributed by atoms with van der Waals surface area (Å²) in [5.41, 5.74) is 1.30. The van der Waals surface area contributed by atoms with Crippen LogP contribution < -0.4 is 10.2 Å². The van der Waals surface area contributed by atoms with Crippen molar-refractivity contribution in [2.75, 3.05) is 13.2 Å². The largest absolute Gasteiger partial charge is 0.494 e. The van der Waals surface area contributed by atoms with Crippen LogP contribution >= 0.6 is 0 Å². The Kier molecular flexibility index (Phi) is 7.66. The van der Waals surface area contributed by atoms with Crippen LogP contribution in [0.4, 0.5) is 0 Å². The molecular weight excluding hydrogens is 255 g/mol. The van der Waals surface area contributed by atoms with Crippen LogP contribution in [-0.2, 0) is 11.3 Å². The molecule has 20 heavy (non-hydrogen) atoms. The van der Waals surface area contributed by atoms with Crippen LogP contribution in [0.15, 0.2) is 18.2 Å². The van der Waals surface area contributed by atoms with Gasteiger partial charge in [-0.25, -0.2) is 0 Å². The average molecular weight is 280 g/mol. The quantitative estimate of drug-likeness (QED) is 0.534. The van der Waals surface area contributed by atoms with Crippen molar-refractivity contribution < 1.29 is 19.5 Å². The zero-order chi connectivity index (χ0) is 15.0. The molecule has 0 saturated heterocycles. The fourth-order valence-electron chi connectivity index (χ4n) is 1.96. The van der Waals surface area contributed by atoms with Crippen LogP contribution in [0.1, 0.15) is 39.2 Å². The van der Waals surface area contributed by atoms with Gasteiger partial charge in [0.25, 0.3) is 0 Å². The molecule has 0 aromatic heterocycles. The van der Waals surface area contributed by atoms with E-state index in [1.807, 2.05) is 13.0 Å². The second-order valence-electron chi connectivity index (χ2n) is 5.27. The summed E-state index contributed by atoms with van der Waals surface area (Å²) in [6.07, 6.45) is 2.20. The first-order valence-corrected chi connectivity index (χ1v) is 7.24. The van der Waals surface area contributed by atoms with Crippen molar-refractivity contribution in [3.8, 4) is 5.75 Å². The Morgan fingerprint density at radius 3 is 2.60 bits per heavy atom. The molecule has 112 valence electrons. The fraction of sp³-hybridized carbons (Fsp3) is 0.600. The maximum Gasteiger partial charge on any atom is 0.492 e. The average Bonchev–Trinajstić information content (AvgIpc) is 2.39. The van der Waals surface area contributed by atoms with E-state index in [2.05, 4.69) is 13.8 Å². The molecule has 0 aliphatic carbocycles. The van der Waals surface area contributed by atoms with E-state index in [1.54, 1.807) is 12.1 Å². The zero-order valence-electron chi connectivity index (χ0n) is 12.6. The third-order valence-electron chi connectivity index (χ3n) is 2.99. The van der Waals surface area contributed by atoms with E-state index >= 15 is 0 Å². The highest BCUT2D eigenvalue weighted by Gasteiger charge is 2.17. The molecule has 2 N–H and O–H groups in total. The van der Waals surface area contributed by atoms with Gasteiger partial charge in [-0.1, -0.05) is 26.0 Å². The molecule has 0 fully saturated rings. The summed E-state index contributed by atoms with van der Waals surface area (Å²) in [7, 11) is -1.53. The van der Waals surface area contributed by atoms with Gasteiger partial charge in [0.1, 0.15) is 5.75 Å². The molecule has 1 aromatic rings. The predicted molar refractivity (Wildman–Crippen MR) is 81.2 cm³/mol. The molecule has 0 bridgehead atoms. The van der Waals surface area contributed by atoms with Crippen LogP contribution in [0.2, 0.25) is 0 Å². The predicted octanol–water partition coefficient (Wildman–Crippen LogP) is 1.72. The van der Waals surface area contributed by atoms with E-state index in [9.17, 15) is 10.0 Å². The minimum atomic E-state index is -1.53. The SMILES string of the molecule is CCOc1ccc(COCCCC(C)C)cc1B(O)O. The topological polar surface area (TPSA) is 58.9 Å². The van der Waals surface area contributed by atoms with E-state index in [0.29, 0.717) is 30.3 Å². The summed E-state index contributed by atoms with van der Waals surface area (Å²) < 4.78 is 11.0. The number of hydrogen-bond acceptors (Lipinski definition) is 4. The lowest BCUT2D eigenvalue weighted by Gasteiger charge is -2.12. The Bertz CT molecular complexity index is 393. The summed E-state index contributed by atoms with van der Waals surface area (Å²) in [6, 6.07) is 5.36. The summed E-state index contributed by atoms with van der Waals surface area (Å²) in [5.74, 6) is 1.20. The third-order valence-corrected chi connectivity index (χ3v) is 2.99. The van der Waals surface area contributed by atoms with Gasteiger partial charge in [-0.3, -0.25) is 0 Å². The van der Waals surface area contributed by atoms with Crippen molar-refractivity contribution in [3.05, 3.63) is 23.8 Å². The number of hydrogen-bond donors (Lipinski definition) is 2. The molecule has 0 aliphatic heterocycles. The van der Waals surface area contributed by atoms with Crippen LogP contribution in [0.5, 0.6) is 5.75 Å². The Morgan fingerprint density at radius 2 is 2.00 bits per heavy atom. The first-order valence-electron chi connectivity index (χ1n) is 7.24. The van der Waals surface area contributed by atoms with Crippen molar-refractivity contribution in [2.24, 2.45) is 5.92 Å². The maximum absolute atomic E-state index is 9.36. The van der Waals surface area contributed by atoms with E-state index in [1.165, 1.54) is 0 Å². The molecule has 1 rings (SSSR count). The molecule has 0 amide bonds. The van der Waals surface area contributed by atoms with E-state index in [0.717, 1.165) is 25.0 Å². The second-order valence-corrected chi connectivity index (χ2v) is 5.27. The Balaban J connectivity index is 2.52. The minimum absolute atomic E-state index is 0.384. The second kappa shape index (κ2) is 9.00. The van der Waals surface area contributed by atoms with Gasteiger partial charge in [-0.05, 0) is 37.3 Å². The van der Waals surface area contributed by atoms with E-state index < -0.39 is 7.12 Å². The normalized spacial score (nSPS) is 10.9. The monoisotopic (exact) mass is 280 g/mol. The minimum Gasteiger partial charge on any atom is -0.494 e. The summed E-state index contributed by atoms with van der Waals surface area (Å²) >= 11 is 0. The number of rotatable bonds is 9. The van der Waals surface area contributed by atoms with Crippen molar-refractivity contribution >= 4 is 12.6 Å². The molecule has 4 nitrogen and oxygen atoms in total. The zero-order valence-corrected chi connectivity index (χ0v) is 12.6. The van der Waals surface area contributed by atoms with Crippen LogP contribution in [0.25, 0.3) is 0 Å². The van der Waals surface area contributed by atoms with Gasteiger partial charge in [0.15, 0.2) is 0 Å².